The van der Waals surface area contributed by atoms with E-state index in [2.05, 4.69) is 4.74 Å². The van der Waals surface area contributed by atoms with Crippen molar-refractivity contribution in [3.8, 4) is 0 Å². The molecular formula is C8H6BNO4. The van der Waals surface area contributed by atoms with Crippen LogP contribution in [0.3, 0.4) is 0 Å². The van der Waals surface area contributed by atoms with Gasteiger partial charge in [0.15, 0.2) is 0 Å². The number of ether oxygens (including phenoxy) is 1. The van der Waals surface area contributed by atoms with Crippen LogP contribution in [0.4, 0.5) is 5.69 Å². The average molecular weight is 191 g/mol. The van der Waals surface area contributed by atoms with Crippen molar-refractivity contribution in [3.05, 3.63) is 33.9 Å². The van der Waals surface area contributed by atoms with Crippen molar-refractivity contribution in [1.82, 2.24) is 0 Å². The summed E-state index contributed by atoms with van der Waals surface area (Å²) in [6, 6.07) is 3.60. The molecule has 0 atom stereocenters. The Morgan fingerprint density at radius 1 is 1.50 bits per heavy atom. The fourth-order valence-corrected chi connectivity index (χ4v) is 0.976. The Morgan fingerprint density at radius 3 is 2.64 bits per heavy atom. The Hall–Kier alpha value is -1.85. The van der Waals surface area contributed by atoms with Crippen LogP contribution in [0, 0.1) is 10.1 Å². The van der Waals surface area contributed by atoms with E-state index in [1.807, 2.05) is 0 Å². The Balaban J connectivity index is 3.20. The smallest absolute Gasteiger partial charge is 0.338 e. The number of carbonyl (C=O) groups is 1. The third kappa shape index (κ3) is 2.10. The molecule has 0 saturated carbocycles. The van der Waals surface area contributed by atoms with Crippen molar-refractivity contribution in [2.45, 2.75) is 0 Å². The van der Waals surface area contributed by atoms with Crippen LogP contribution in [0.15, 0.2) is 18.2 Å². The molecule has 1 aromatic rings. The predicted octanol–water partition coefficient (Wildman–Crippen LogP) is 0.175. The van der Waals surface area contributed by atoms with Crippen molar-refractivity contribution >= 4 is 25.0 Å². The number of nitro benzene ring substituents is 1. The van der Waals surface area contributed by atoms with Gasteiger partial charge in [-0.05, 0) is 0 Å². The number of hydrogen-bond acceptors (Lipinski definition) is 4. The normalized spacial score (nSPS) is 9.50. The maximum atomic E-state index is 11.0. The zero-order valence-electron chi connectivity index (χ0n) is 7.39. The quantitative estimate of drug-likeness (QED) is 0.289. The van der Waals surface area contributed by atoms with Crippen LogP contribution in [0.5, 0.6) is 0 Å². The Labute approximate surface area is 81.2 Å². The number of carbonyl (C=O) groups excluding carboxylic acids is 1. The van der Waals surface area contributed by atoms with E-state index in [1.165, 1.54) is 19.2 Å². The van der Waals surface area contributed by atoms with Crippen LogP contribution in [0.1, 0.15) is 10.4 Å². The summed E-state index contributed by atoms with van der Waals surface area (Å²) in [5.74, 6) is -0.652. The van der Waals surface area contributed by atoms with Crippen LogP contribution in [0.2, 0.25) is 0 Å². The molecule has 0 fully saturated rings. The molecule has 0 amide bonds. The molecule has 1 rings (SSSR count). The molecule has 0 N–H and O–H groups in total. The van der Waals surface area contributed by atoms with E-state index < -0.39 is 10.9 Å². The Bertz CT molecular complexity index is 391. The highest BCUT2D eigenvalue weighted by molar-refractivity contribution is 6.33. The zero-order chi connectivity index (χ0) is 10.7. The van der Waals surface area contributed by atoms with Crippen LogP contribution in [-0.4, -0.2) is 25.8 Å². The van der Waals surface area contributed by atoms with E-state index in [-0.39, 0.29) is 16.7 Å². The molecule has 2 radical (unpaired) electrons. The van der Waals surface area contributed by atoms with Crippen molar-refractivity contribution in [3.63, 3.8) is 0 Å². The molecule has 0 aliphatic rings. The van der Waals surface area contributed by atoms with Gasteiger partial charge < -0.3 is 4.74 Å². The maximum Gasteiger partial charge on any atom is 0.338 e. The van der Waals surface area contributed by atoms with Crippen LogP contribution < -0.4 is 5.46 Å². The third-order valence-corrected chi connectivity index (χ3v) is 1.57. The van der Waals surface area contributed by atoms with Crippen LogP contribution >= 0.6 is 0 Å². The van der Waals surface area contributed by atoms with Gasteiger partial charge in [-0.2, -0.15) is 0 Å². The van der Waals surface area contributed by atoms with Gasteiger partial charge in [0.2, 0.25) is 0 Å². The van der Waals surface area contributed by atoms with Gasteiger partial charge in [-0.3, -0.25) is 10.1 Å². The van der Waals surface area contributed by atoms with E-state index in [1.54, 1.807) is 0 Å². The molecule has 0 aromatic heterocycles. The molecule has 1 aromatic carbocycles. The molecule has 0 aliphatic carbocycles. The summed E-state index contributed by atoms with van der Waals surface area (Å²) in [5.41, 5.74) is -0.01000. The van der Waals surface area contributed by atoms with E-state index >= 15 is 0 Å². The first-order valence-electron chi connectivity index (χ1n) is 3.68. The molecule has 0 aliphatic heterocycles. The van der Waals surface area contributed by atoms with Crippen molar-refractivity contribution in [2.24, 2.45) is 0 Å². The predicted molar refractivity (Wildman–Crippen MR) is 49.8 cm³/mol. The number of methoxy groups -OCH3 is 1. The van der Waals surface area contributed by atoms with E-state index in [0.717, 1.165) is 6.07 Å². The van der Waals surface area contributed by atoms with Crippen molar-refractivity contribution < 1.29 is 14.5 Å². The first kappa shape index (κ1) is 10.2. The molecule has 70 valence electrons. The Kier molecular flexibility index (Phi) is 2.86. The van der Waals surface area contributed by atoms with Crippen LogP contribution in [0.25, 0.3) is 0 Å². The van der Waals surface area contributed by atoms with Gasteiger partial charge in [-0.15, -0.1) is 0 Å². The number of nitrogens with zero attached hydrogens (tertiary/aromatic N) is 1. The van der Waals surface area contributed by atoms with Crippen LogP contribution in [-0.2, 0) is 4.74 Å². The van der Waals surface area contributed by atoms with Gasteiger partial charge in [0.05, 0.1) is 17.6 Å². The van der Waals surface area contributed by atoms with E-state index in [4.69, 9.17) is 7.85 Å². The minimum atomic E-state index is -0.652. The highest BCUT2D eigenvalue weighted by Gasteiger charge is 2.12. The molecule has 14 heavy (non-hydrogen) atoms. The highest BCUT2D eigenvalue weighted by atomic mass is 16.6. The van der Waals surface area contributed by atoms with Crippen molar-refractivity contribution in [1.29, 1.82) is 0 Å². The SMILES string of the molecule is [B]c1cc(C(=O)OC)cc([N+](=O)[O-])c1. The number of esters is 1. The standard InChI is InChI=1S/C8H6BNO4/c1-14-8(11)5-2-6(9)4-7(3-5)10(12)13/h2-4H,1H3. The fraction of sp³-hybridized carbons (Fsp3) is 0.125. The lowest BCUT2D eigenvalue weighted by Crippen LogP contribution is -2.10. The topological polar surface area (TPSA) is 69.4 Å². The second-order valence-electron chi connectivity index (χ2n) is 2.56. The molecular weight excluding hydrogens is 185 g/mol. The molecule has 5 nitrogen and oxygen atoms in total. The summed E-state index contributed by atoms with van der Waals surface area (Å²) in [7, 11) is 6.57. The molecule has 0 spiro atoms. The van der Waals surface area contributed by atoms with Gasteiger partial charge in [0, 0.05) is 12.1 Å². The summed E-state index contributed by atoms with van der Waals surface area (Å²) in [6.45, 7) is 0. The van der Waals surface area contributed by atoms with Gasteiger partial charge in [0.1, 0.15) is 7.85 Å². The summed E-state index contributed by atoms with van der Waals surface area (Å²) in [4.78, 5) is 20.8. The minimum absolute atomic E-state index is 0.0687. The third-order valence-electron chi connectivity index (χ3n) is 1.57. The van der Waals surface area contributed by atoms with Gasteiger partial charge in [-0.1, -0.05) is 11.5 Å². The van der Waals surface area contributed by atoms with E-state index in [0.29, 0.717) is 0 Å². The molecule has 6 heteroatoms. The lowest BCUT2D eigenvalue weighted by atomic mass is 9.93. The number of rotatable bonds is 2. The van der Waals surface area contributed by atoms with E-state index in [9.17, 15) is 14.9 Å². The zero-order valence-corrected chi connectivity index (χ0v) is 7.39. The van der Waals surface area contributed by atoms with Gasteiger partial charge in [-0.25, -0.2) is 4.79 Å². The number of benzene rings is 1. The summed E-state index contributed by atoms with van der Waals surface area (Å²) in [5, 5.41) is 10.4. The monoisotopic (exact) mass is 191 g/mol. The summed E-state index contributed by atoms with van der Waals surface area (Å²) >= 11 is 0. The molecule has 0 bridgehead atoms. The first-order valence-corrected chi connectivity index (χ1v) is 3.68. The minimum Gasteiger partial charge on any atom is -0.465 e. The number of nitro groups is 1. The average Bonchev–Trinajstić information content (AvgIpc) is 2.15. The van der Waals surface area contributed by atoms with Gasteiger partial charge >= 0.3 is 5.97 Å². The van der Waals surface area contributed by atoms with Crippen molar-refractivity contribution in [2.75, 3.05) is 7.11 Å². The Morgan fingerprint density at radius 2 is 2.14 bits per heavy atom. The largest absolute Gasteiger partial charge is 0.465 e. The summed E-state index contributed by atoms with van der Waals surface area (Å²) in [6.07, 6.45) is 0. The summed E-state index contributed by atoms with van der Waals surface area (Å²) < 4.78 is 4.41. The number of non-ortho nitro benzene ring substituents is 1. The molecule has 0 unspecified atom stereocenters. The lowest BCUT2D eigenvalue weighted by molar-refractivity contribution is -0.384. The first-order chi connectivity index (χ1) is 6.54. The lowest BCUT2D eigenvalue weighted by Gasteiger charge is -2.00. The maximum absolute atomic E-state index is 11.0. The fourth-order valence-electron chi connectivity index (χ4n) is 0.976. The second kappa shape index (κ2) is 3.91. The highest BCUT2D eigenvalue weighted by Crippen LogP contribution is 2.11. The molecule has 0 heterocycles. The second-order valence-corrected chi connectivity index (χ2v) is 2.56. The van der Waals surface area contributed by atoms with Gasteiger partial charge in [0.25, 0.3) is 5.69 Å². The number of hydrogen-bond donors (Lipinski definition) is 0. The molecule has 0 saturated heterocycles.